The average Bonchev–Trinajstić information content (AvgIpc) is 2.31. The van der Waals surface area contributed by atoms with E-state index in [-0.39, 0.29) is 18.0 Å². The number of carbonyl (C=O) groups is 1. The highest BCUT2D eigenvalue weighted by Crippen LogP contribution is 2.25. The van der Waals surface area contributed by atoms with Gasteiger partial charge >= 0.3 is 0 Å². The maximum Gasteiger partial charge on any atom is 0.169 e. The molecule has 0 aliphatic heterocycles. The Labute approximate surface area is 102 Å². The Morgan fingerprint density at radius 3 is 2.53 bits per heavy atom. The van der Waals surface area contributed by atoms with Gasteiger partial charge in [0.25, 0.3) is 0 Å². The van der Waals surface area contributed by atoms with Crippen molar-refractivity contribution in [3.8, 4) is 5.75 Å². The minimum Gasteiger partial charge on any atom is -0.487 e. The molecule has 1 aliphatic rings. The van der Waals surface area contributed by atoms with Gasteiger partial charge in [0.1, 0.15) is 11.9 Å². The molecular weight excluding hydrogens is 216 g/mol. The van der Waals surface area contributed by atoms with Crippen LogP contribution in [0.2, 0.25) is 0 Å². The quantitative estimate of drug-likeness (QED) is 0.784. The van der Waals surface area contributed by atoms with E-state index in [0.29, 0.717) is 6.42 Å². The summed E-state index contributed by atoms with van der Waals surface area (Å²) < 4.78 is 10.8. The van der Waals surface area contributed by atoms with Crippen molar-refractivity contribution >= 4 is 5.78 Å². The SMILES string of the molecule is CCCc1ccc(OC2CC(=O)C2OC)cc1. The fourth-order valence-electron chi connectivity index (χ4n) is 2.05. The van der Waals surface area contributed by atoms with Gasteiger partial charge in [-0.15, -0.1) is 0 Å². The molecule has 92 valence electrons. The number of hydrogen-bond acceptors (Lipinski definition) is 3. The molecule has 1 aliphatic carbocycles. The third-order valence-corrected chi connectivity index (χ3v) is 3.06. The molecule has 0 saturated heterocycles. The molecule has 1 fully saturated rings. The molecule has 0 spiro atoms. The van der Waals surface area contributed by atoms with Crippen LogP contribution in [0.15, 0.2) is 24.3 Å². The molecule has 0 aromatic heterocycles. The van der Waals surface area contributed by atoms with Crippen LogP contribution in [-0.4, -0.2) is 25.1 Å². The Bertz CT molecular complexity index is 383. The lowest BCUT2D eigenvalue weighted by molar-refractivity contribution is -0.150. The summed E-state index contributed by atoms with van der Waals surface area (Å²) in [5, 5.41) is 0. The predicted molar refractivity (Wildman–Crippen MR) is 65.3 cm³/mol. The van der Waals surface area contributed by atoms with Gasteiger partial charge in [0.05, 0.1) is 0 Å². The molecule has 0 heterocycles. The molecule has 1 aromatic rings. The van der Waals surface area contributed by atoms with Gasteiger partial charge in [-0.2, -0.15) is 0 Å². The Balaban J connectivity index is 1.93. The van der Waals surface area contributed by atoms with Crippen molar-refractivity contribution in [2.45, 2.75) is 38.4 Å². The van der Waals surface area contributed by atoms with Gasteiger partial charge in [-0.05, 0) is 24.1 Å². The van der Waals surface area contributed by atoms with Crippen LogP contribution in [0, 0.1) is 0 Å². The number of methoxy groups -OCH3 is 1. The Morgan fingerprint density at radius 2 is 2.00 bits per heavy atom. The summed E-state index contributed by atoms with van der Waals surface area (Å²) in [6.07, 6.45) is 2.18. The number of hydrogen-bond donors (Lipinski definition) is 0. The standard InChI is InChI=1S/C14H18O3/c1-3-4-10-5-7-11(8-6-10)17-13-9-12(15)14(13)16-2/h5-8,13-14H,3-4,9H2,1-2H3. The second-order valence-electron chi connectivity index (χ2n) is 4.38. The molecule has 2 unspecified atom stereocenters. The Hall–Kier alpha value is -1.35. The van der Waals surface area contributed by atoms with Gasteiger partial charge in [0.2, 0.25) is 0 Å². The van der Waals surface area contributed by atoms with Crippen LogP contribution >= 0.6 is 0 Å². The van der Waals surface area contributed by atoms with Crippen LogP contribution in [-0.2, 0) is 16.0 Å². The number of Topliss-reactive ketones (excluding diaryl/α,β-unsaturated/α-hetero) is 1. The van der Waals surface area contributed by atoms with Crippen molar-refractivity contribution in [3.05, 3.63) is 29.8 Å². The molecule has 3 heteroatoms. The maximum atomic E-state index is 11.2. The van der Waals surface area contributed by atoms with Crippen molar-refractivity contribution < 1.29 is 14.3 Å². The zero-order chi connectivity index (χ0) is 12.3. The fourth-order valence-corrected chi connectivity index (χ4v) is 2.05. The number of benzene rings is 1. The lowest BCUT2D eigenvalue weighted by Crippen LogP contribution is -2.51. The molecule has 1 saturated carbocycles. The van der Waals surface area contributed by atoms with Crippen molar-refractivity contribution in [1.29, 1.82) is 0 Å². The average molecular weight is 234 g/mol. The van der Waals surface area contributed by atoms with Crippen molar-refractivity contribution in [3.63, 3.8) is 0 Å². The number of carbonyl (C=O) groups excluding carboxylic acids is 1. The molecule has 0 amide bonds. The van der Waals surface area contributed by atoms with E-state index < -0.39 is 0 Å². The number of rotatable bonds is 5. The van der Waals surface area contributed by atoms with Gasteiger partial charge in [0, 0.05) is 13.5 Å². The third kappa shape index (κ3) is 2.67. The summed E-state index contributed by atoms with van der Waals surface area (Å²) in [6, 6.07) is 8.06. The molecule has 3 nitrogen and oxygen atoms in total. The second kappa shape index (κ2) is 5.32. The zero-order valence-electron chi connectivity index (χ0n) is 10.3. The summed E-state index contributed by atoms with van der Waals surface area (Å²) in [5.41, 5.74) is 1.31. The summed E-state index contributed by atoms with van der Waals surface area (Å²) in [4.78, 5) is 11.2. The molecule has 2 atom stereocenters. The topological polar surface area (TPSA) is 35.5 Å². The first-order valence-corrected chi connectivity index (χ1v) is 6.05. The molecule has 0 bridgehead atoms. The van der Waals surface area contributed by atoms with Gasteiger partial charge in [0.15, 0.2) is 11.9 Å². The van der Waals surface area contributed by atoms with Gasteiger partial charge in [-0.25, -0.2) is 0 Å². The lowest BCUT2D eigenvalue weighted by atomic mass is 9.90. The van der Waals surface area contributed by atoms with Crippen LogP contribution in [0.25, 0.3) is 0 Å². The van der Waals surface area contributed by atoms with Crippen molar-refractivity contribution in [1.82, 2.24) is 0 Å². The Kier molecular flexibility index (Phi) is 3.79. The first kappa shape index (κ1) is 12.1. The van der Waals surface area contributed by atoms with E-state index in [4.69, 9.17) is 9.47 Å². The van der Waals surface area contributed by atoms with Crippen LogP contribution in [0.4, 0.5) is 0 Å². The van der Waals surface area contributed by atoms with Crippen LogP contribution < -0.4 is 4.74 Å². The first-order chi connectivity index (χ1) is 8.24. The largest absolute Gasteiger partial charge is 0.487 e. The van der Waals surface area contributed by atoms with Gasteiger partial charge in [-0.1, -0.05) is 25.5 Å². The van der Waals surface area contributed by atoms with E-state index >= 15 is 0 Å². The fraction of sp³-hybridized carbons (Fsp3) is 0.500. The van der Waals surface area contributed by atoms with E-state index in [0.717, 1.165) is 18.6 Å². The molecule has 1 aromatic carbocycles. The summed E-state index contributed by atoms with van der Waals surface area (Å²) in [6.45, 7) is 2.16. The van der Waals surface area contributed by atoms with Gasteiger partial charge in [-0.3, -0.25) is 4.79 Å². The molecule has 17 heavy (non-hydrogen) atoms. The molecule has 0 radical (unpaired) electrons. The molecular formula is C14H18O3. The van der Waals surface area contributed by atoms with Gasteiger partial charge < -0.3 is 9.47 Å². The highest BCUT2D eigenvalue weighted by molar-refractivity contribution is 5.90. The van der Waals surface area contributed by atoms with Crippen LogP contribution in [0.1, 0.15) is 25.3 Å². The minimum atomic E-state index is -0.384. The van der Waals surface area contributed by atoms with Crippen LogP contribution in [0.5, 0.6) is 5.75 Å². The lowest BCUT2D eigenvalue weighted by Gasteiger charge is -2.33. The maximum absolute atomic E-state index is 11.2. The van der Waals surface area contributed by atoms with E-state index in [1.165, 1.54) is 5.56 Å². The molecule has 0 N–H and O–H groups in total. The smallest absolute Gasteiger partial charge is 0.169 e. The monoisotopic (exact) mass is 234 g/mol. The number of ketones is 1. The number of ether oxygens (including phenoxy) is 2. The highest BCUT2D eigenvalue weighted by atomic mass is 16.5. The summed E-state index contributed by atoms with van der Waals surface area (Å²) >= 11 is 0. The van der Waals surface area contributed by atoms with E-state index in [2.05, 4.69) is 19.1 Å². The highest BCUT2D eigenvalue weighted by Gasteiger charge is 2.41. The van der Waals surface area contributed by atoms with E-state index in [1.54, 1.807) is 7.11 Å². The second-order valence-corrected chi connectivity index (χ2v) is 4.38. The summed E-state index contributed by atoms with van der Waals surface area (Å²) in [5.74, 6) is 0.935. The van der Waals surface area contributed by atoms with E-state index in [1.807, 2.05) is 12.1 Å². The third-order valence-electron chi connectivity index (χ3n) is 3.06. The van der Waals surface area contributed by atoms with Crippen molar-refractivity contribution in [2.75, 3.05) is 7.11 Å². The number of aryl methyl sites for hydroxylation is 1. The molecule has 2 rings (SSSR count). The predicted octanol–water partition coefficient (Wildman–Crippen LogP) is 2.37. The first-order valence-electron chi connectivity index (χ1n) is 6.05. The Morgan fingerprint density at radius 1 is 1.29 bits per heavy atom. The minimum absolute atomic E-state index is 0.121. The van der Waals surface area contributed by atoms with Crippen molar-refractivity contribution in [2.24, 2.45) is 0 Å². The summed E-state index contributed by atoms with van der Waals surface area (Å²) in [7, 11) is 1.54. The van der Waals surface area contributed by atoms with Crippen LogP contribution in [0.3, 0.4) is 0 Å². The zero-order valence-corrected chi connectivity index (χ0v) is 10.3. The normalized spacial score (nSPS) is 23.3. The van der Waals surface area contributed by atoms with E-state index in [9.17, 15) is 4.79 Å².